The van der Waals surface area contributed by atoms with Crippen LogP contribution in [0.15, 0.2) is 16.7 Å². The molecule has 116 valence electrons. The number of carbonyl (C=O) groups excluding carboxylic acids is 2. The quantitative estimate of drug-likeness (QED) is 0.856. The molecule has 1 fully saturated rings. The summed E-state index contributed by atoms with van der Waals surface area (Å²) < 4.78 is 42.1. The molecule has 2 heterocycles. The lowest BCUT2D eigenvalue weighted by molar-refractivity contribution is -0.158. The Balaban J connectivity index is 2.08. The first-order chi connectivity index (χ1) is 9.70. The summed E-state index contributed by atoms with van der Waals surface area (Å²) in [6.07, 6.45) is -2.90. The van der Waals surface area contributed by atoms with Gasteiger partial charge in [0.05, 0.1) is 11.8 Å². The molecule has 1 aromatic rings. The number of nitrogens with zero attached hydrogens (tertiary/aromatic N) is 2. The SMILES string of the molecule is Cc1occc1C(=O)N(C)[C@@H]1CCN(CC(F)(F)F)C1=O. The maximum atomic E-state index is 12.4. The largest absolute Gasteiger partial charge is 0.469 e. The molecule has 0 saturated carbocycles. The van der Waals surface area contributed by atoms with E-state index in [2.05, 4.69) is 0 Å². The van der Waals surface area contributed by atoms with Gasteiger partial charge in [-0.3, -0.25) is 9.59 Å². The monoisotopic (exact) mass is 304 g/mol. The average molecular weight is 304 g/mol. The first-order valence-electron chi connectivity index (χ1n) is 6.37. The number of amides is 2. The van der Waals surface area contributed by atoms with Gasteiger partial charge in [-0.05, 0) is 19.4 Å². The standard InChI is InChI=1S/C13H15F3N2O3/c1-8-9(4-6-21-8)11(19)17(2)10-3-5-18(12(10)20)7-13(14,15)16/h4,6,10H,3,5,7H2,1-2H3/t10-/m1/s1. The Morgan fingerprint density at radius 2 is 2.19 bits per heavy atom. The molecule has 1 aliphatic rings. The molecule has 8 heteroatoms. The molecule has 0 spiro atoms. The van der Waals surface area contributed by atoms with Crippen LogP contribution in [0.2, 0.25) is 0 Å². The molecule has 0 aromatic carbocycles. The Morgan fingerprint density at radius 3 is 2.71 bits per heavy atom. The predicted molar refractivity (Wildman–Crippen MR) is 66.6 cm³/mol. The minimum Gasteiger partial charge on any atom is -0.469 e. The van der Waals surface area contributed by atoms with E-state index in [1.54, 1.807) is 6.92 Å². The third-order valence-electron chi connectivity index (χ3n) is 3.52. The van der Waals surface area contributed by atoms with Crippen LogP contribution in [-0.2, 0) is 4.79 Å². The molecule has 0 bridgehead atoms. The highest BCUT2D eigenvalue weighted by atomic mass is 19.4. The number of furan rings is 1. The third kappa shape index (κ3) is 3.20. The van der Waals surface area contributed by atoms with E-state index in [0.29, 0.717) is 11.3 Å². The van der Waals surface area contributed by atoms with Crippen molar-refractivity contribution < 1.29 is 27.2 Å². The Bertz CT molecular complexity index is 553. The van der Waals surface area contributed by atoms with Crippen molar-refractivity contribution >= 4 is 11.8 Å². The normalized spacial score (nSPS) is 19.2. The Kier molecular flexibility index (Phi) is 3.97. The second-order valence-corrected chi connectivity index (χ2v) is 4.99. The van der Waals surface area contributed by atoms with Gasteiger partial charge in [0.1, 0.15) is 18.3 Å². The average Bonchev–Trinajstić information content (AvgIpc) is 2.94. The minimum atomic E-state index is -4.44. The van der Waals surface area contributed by atoms with Crippen LogP contribution in [0.1, 0.15) is 22.5 Å². The van der Waals surface area contributed by atoms with Crippen molar-refractivity contribution in [3.8, 4) is 0 Å². The number of halogens is 3. The minimum absolute atomic E-state index is 0.00893. The number of aryl methyl sites for hydroxylation is 1. The molecule has 1 aliphatic heterocycles. The molecular weight excluding hydrogens is 289 g/mol. The summed E-state index contributed by atoms with van der Waals surface area (Å²) in [6.45, 7) is 0.313. The number of likely N-dealkylation sites (tertiary alicyclic amines) is 1. The van der Waals surface area contributed by atoms with E-state index in [-0.39, 0.29) is 13.0 Å². The third-order valence-corrected chi connectivity index (χ3v) is 3.52. The molecule has 1 aromatic heterocycles. The van der Waals surface area contributed by atoms with Crippen LogP contribution in [0.5, 0.6) is 0 Å². The number of hydrogen-bond donors (Lipinski definition) is 0. The van der Waals surface area contributed by atoms with Crippen molar-refractivity contribution in [2.45, 2.75) is 25.6 Å². The summed E-state index contributed by atoms with van der Waals surface area (Å²) in [5.74, 6) is -0.706. The molecule has 2 rings (SSSR count). The summed E-state index contributed by atoms with van der Waals surface area (Å²) >= 11 is 0. The van der Waals surface area contributed by atoms with Crippen LogP contribution in [0, 0.1) is 6.92 Å². The maximum absolute atomic E-state index is 12.4. The van der Waals surface area contributed by atoms with Crippen LogP contribution in [0.4, 0.5) is 13.2 Å². The van der Waals surface area contributed by atoms with Gasteiger partial charge in [0.2, 0.25) is 5.91 Å². The van der Waals surface area contributed by atoms with Crippen molar-refractivity contribution in [3.63, 3.8) is 0 Å². The molecule has 1 atom stereocenters. The van der Waals surface area contributed by atoms with Crippen LogP contribution >= 0.6 is 0 Å². The Hall–Kier alpha value is -1.99. The van der Waals surface area contributed by atoms with Crippen molar-refractivity contribution in [3.05, 3.63) is 23.7 Å². The molecule has 0 N–H and O–H groups in total. The van der Waals surface area contributed by atoms with Crippen LogP contribution in [-0.4, -0.2) is 54.0 Å². The van der Waals surface area contributed by atoms with Gasteiger partial charge in [0, 0.05) is 13.6 Å². The highest BCUT2D eigenvalue weighted by molar-refractivity contribution is 5.98. The second-order valence-electron chi connectivity index (χ2n) is 4.99. The highest BCUT2D eigenvalue weighted by Gasteiger charge is 2.42. The van der Waals surface area contributed by atoms with Gasteiger partial charge < -0.3 is 14.2 Å². The van der Waals surface area contributed by atoms with Gasteiger partial charge in [-0.15, -0.1) is 0 Å². The van der Waals surface area contributed by atoms with E-state index < -0.39 is 30.6 Å². The van der Waals surface area contributed by atoms with Gasteiger partial charge in [-0.2, -0.15) is 13.2 Å². The molecule has 0 unspecified atom stereocenters. The number of alkyl halides is 3. The van der Waals surface area contributed by atoms with E-state index in [0.717, 1.165) is 4.90 Å². The fourth-order valence-corrected chi connectivity index (χ4v) is 2.39. The van der Waals surface area contributed by atoms with Gasteiger partial charge in [-0.1, -0.05) is 0 Å². The molecule has 21 heavy (non-hydrogen) atoms. The first-order valence-corrected chi connectivity index (χ1v) is 6.37. The lowest BCUT2D eigenvalue weighted by Gasteiger charge is -2.24. The summed E-state index contributed by atoms with van der Waals surface area (Å²) in [6, 6.07) is 0.607. The molecule has 5 nitrogen and oxygen atoms in total. The van der Waals surface area contributed by atoms with Crippen molar-refractivity contribution in [1.29, 1.82) is 0 Å². The Morgan fingerprint density at radius 1 is 1.52 bits per heavy atom. The van der Waals surface area contributed by atoms with Crippen LogP contribution < -0.4 is 0 Å². The van der Waals surface area contributed by atoms with Gasteiger partial charge in [0.15, 0.2) is 0 Å². The van der Waals surface area contributed by atoms with E-state index in [1.807, 2.05) is 0 Å². The molecule has 0 radical (unpaired) electrons. The number of likely N-dealkylation sites (N-methyl/N-ethyl adjacent to an activating group) is 1. The highest BCUT2D eigenvalue weighted by Crippen LogP contribution is 2.24. The van der Waals surface area contributed by atoms with Gasteiger partial charge >= 0.3 is 6.18 Å². The van der Waals surface area contributed by atoms with Crippen molar-refractivity contribution in [1.82, 2.24) is 9.80 Å². The predicted octanol–water partition coefficient (Wildman–Crippen LogP) is 1.82. The molecule has 2 amide bonds. The van der Waals surface area contributed by atoms with E-state index in [9.17, 15) is 22.8 Å². The summed E-state index contributed by atoms with van der Waals surface area (Å²) in [4.78, 5) is 26.1. The number of rotatable bonds is 3. The van der Waals surface area contributed by atoms with E-state index in [1.165, 1.54) is 24.3 Å². The molecule has 0 aliphatic carbocycles. The zero-order valence-corrected chi connectivity index (χ0v) is 11.6. The van der Waals surface area contributed by atoms with E-state index >= 15 is 0 Å². The topological polar surface area (TPSA) is 53.8 Å². The summed E-state index contributed by atoms with van der Waals surface area (Å²) in [7, 11) is 1.41. The fraction of sp³-hybridized carbons (Fsp3) is 0.538. The smallest absolute Gasteiger partial charge is 0.406 e. The molecule has 1 saturated heterocycles. The van der Waals surface area contributed by atoms with Crippen LogP contribution in [0.25, 0.3) is 0 Å². The van der Waals surface area contributed by atoms with Gasteiger partial charge in [0.25, 0.3) is 5.91 Å². The lowest BCUT2D eigenvalue weighted by Crippen LogP contribution is -2.44. The summed E-state index contributed by atoms with van der Waals surface area (Å²) in [5.41, 5.74) is 0.305. The maximum Gasteiger partial charge on any atom is 0.406 e. The fourth-order valence-electron chi connectivity index (χ4n) is 2.39. The van der Waals surface area contributed by atoms with E-state index in [4.69, 9.17) is 4.42 Å². The lowest BCUT2D eigenvalue weighted by atomic mass is 10.1. The summed E-state index contributed by atoms with van der Waals surface area (Å²) in [5, 5.41) is 0. The Labute approximate surface area is 119 Å². The first kappa shape index (κ1) is 15.4. The zero-order valence-electron chi connectivity index (χ0n) is 11.6. The van der Waals surface area contributed by atoms with Crippen molar-refractivity contribution in [2.24, 2.45) is 0 Å². The zero-order chi connectivity index (χ0) is 15.8. The van der Waals surface area contributed by atoms with Crippen molar-refractivity contribution in [2.75, 3.05) is 20.1 Å². The van der Waals surface area contributed by atoms with Gasteiger partial charge in [-0.25, -0.2) is 0 Å². The molecular formula is C13H15F3N2O3. The van der Waals surface area contributed by atoms with Crippen LogP contribution in [0.3, 0.4) is 0 Å². The number of hydrogen-bond acceptors (Lipinski definition) is 3. The number of carbonyl (C=O) groups is 2. The second kappa shape index (κ2) is 5.42.